The summed E-state index contributed by atoms with van der Waals surface area (Å²) in [7, 11) is 0. The summed E-state index contributed by atoms with van der Waals surface area (Å²) in [6, 6.07) is 10.0. The molecule has 1 aliphatic rings. The van der Waals surface area contributed by atoms with E-state index in [0.717, 1.165) is 23.4 Å². The highest BCUT2D eigenvalue weighted by Gasteiger charge is 2.43. The Morgan fingerprint density at radius 2 is 2.07 bits per heavy atom. The molecule has 9 nitrogen and oxygen atoms in total. The van der Waals surface area contributed by atoms with Crippen molar-refractivity contribution in [3.8, 4) is 11.3 Å². The molecular formula is C21H25N7O2. The van der Waals surface area contributed by atoms with Crippen LogP contribution in [-0.4, -0.2) is 44.5 Å². The molecule has 1 aliphatic heterocycles. The number of aromatic nitrogens is 3. The molecule has 0 unspecified atom stereocenters. The van der Waals surface area contributed by atoms with E-state index < -0.39 is 5.54 Å². The average molecular weight is 407 g/mol. The first-order chi connectivity index (χ1) is 14.4. The van der Waals surface area contributed by atoms with E-state index in [4.69, 9.17) is 10.3 Å². The van der Waals surface area contributed by atoms with Crippen LogP contribution in [0.2, 0.25) is 0 Å². The first kappa shape index (κ1) is 19.8. The van der Waals surface area contributed by atoms with Gasteiger partial charge in [-0.25, -0.2) is 20.8 Å². The third kappa shape index (κ3) is 3.71. The van der Waals surface area contributed by atoms with E-state index in [9.17, 15) is 4.79 Å². The molecule has 156 valence electrons. The minimum atomic E-state index is -0.833. The van der Waals surface area contributed by atoms with Gasteiger partial charge < -0.3 is 14.6 Å². The van der Waals surface area contributed by atoms with Crippen LogP contribution in [0.4, 0.5) is 17.7 Å². The standard InChI is InChI=1S/C21H25N7O2/c1-4-15-8-9-23-19(25-15)26-16-7-5-6-14(12-16)17-13-24-20(30-17)27-10-11-28(22)18(29)21(27,2)3/h5-9,12-13H,4,10-11,22H2,1-3H3,(H,23,25,26). The van der Waals surface area contributed by atoms with Gasteiger partial charge in [-0.05, 0) is 38.5 Å². The van der Waals surface area contributed by atoms with Gasteiger partial charge in [0.25, 0.3) is 11.9 Å². The minimum absolute atomic E-state index is 0.172. The Bertz CT molecular complexity index is 1060. The van der Waals surface area contributed by atoms with Gasteiger partial charge in [-0.15, -0.1) is 0 Å². The summed E-state index contributed by atoms with van der Waals surface area (Å²) in [5.74, 6) is 6.76. The molecule has 0 saturated carbocycles. The van der Waals surface area contributed by atoms with Crippen LogP contribution >= 0.6 is 0 Å². The number of amides is 1. The van der Waals surface area contributed by atoms with Crippen LogP contribution in [0.5, 0.6) is 0 Å². The zero-order valence-electron chi connectivity index (χ0n) is 17.3. The first-order valence-corrected chi connectivity index (χ1v) is 9.88. The van der Waals surface area contributed by atoms with E-state index in [1.54, 1.807) is 12.4 Å². The Balaban J connectivity index is 1.57. The third-order valence-electron chi connectivity index (χ3n) is 5.23. The van der Waals surface area contributed by atoms with E-state index in [0.29, 0.717) is 30.8 Å². The lowest BCUT2D eigenvalue weighted by molar-refractivity contribution is -0.138. The number of oxazole rings is 1. The molecule has 2 aromatic heterocycles. The maximum Gasteiger partial charge on any atom is 0.298 e. The Labute approximate surface area is 174 Å². The minimum Gasteiger partial charge on any atom is -0.423 e. The highest BCUT2D eigenvalue weighted by atomic mass is 16.4. The SMILES string of the molecule is CCc1ccnc(Nc2cccc(-c3cnc(N4CCN(N)C(=O)C4(C)C)o3)c2)n1. The van der Waals surface area contributed by atoms with E-state index in [1.807, 2.05) is 49.1 Å². The lowest BCUT2D eigenvalue weighted by Crippen LogP contribution is -2.65. The highest BCUT2D eigenvalue weighted by Crippen LogP contribution is 2.32. The smallest absolute Gasteiger partial charge is 0.298 e. The number of hydrazine groups is 1. The van der Waals surface area contributed by atoms with Gasteiger partial charge >= 0.3 is 0 Å². The van der Waals surface area contributed by atoms with E-state index in [-0.39, 0.29) is 5.91 Å². The van der Waals surface area contributed by atoms with Crippen molar-refractivity contribution in [3.05, 3.63) is 48.4 Å². The van der Waals surface area contributed by atoms with Crippen molar-refractivity contribution >= 4 is 23.6 Å². The number of nitrogens with zero attached hydrogens (tertiary/aromatic N) is 5. The summed E-state index contributed by atoms with van der Waals surface area (Å²) in [5.41, 5.74) is 1.83. The molecule has 1 amide bonds. The number of anilines is 3. The summed E-state index contributed by atoms with van der Waals surface area (Å²) in [4.78, 5) is 27.4. The third-order valence-corrected chi connectivity index (χ3v) is 5.23. The van der Waals surface area contributed by atoms with Crippen LogP contribution in [0.1, 0.15) is 26.5 Å². The molecule has 0 bridgehead atoms. The molecule has 30 heavy (non-hydrogen) atoms. The number of benzene rings is 1. The van der Waals surface area contributed by atoms with Gasteiger partial charge in [0.1, 0.15) is 5.54 Å². The zero-order valence-corrected chi connectivity index (χ0v) is 17.3. The molecular weight excluding hydrogens is 382 g/mol. The van der Waals surface area contributed by atoms with Gasteiger partial charge in [0.2, 0.25) is 5.95 Å². The Hall–Kier alpha value is -3.46. The maximum absolute atomic E-state index is 12.4. The van der Waals surface area contributed by atoms with Gasteiger partial charge in [0.15, 0.2) is 5.76 Å². The predicted molar refractivity (Wildman–Crippen MR) is 114 cm³/mol. The number of rotatable bonds is 5. The second-order valence-corrected chi connectivity index (χ2v) is 7.65. The molecule has 0 spiro atoms. The summed E-state index contributed by atoms with van der Waals surface area (Å²) in [6.45, 7) is 6.63. The maximum atomic E-state index is 12.4. The van der Waals surface area contributed by atoms with Crippen LogP contribution in [0.3, 0.4) is 0 Å². The number of hydrogen-bond acceptors (Lipinski definition) is 8. The van der Waals surface area contributed by atoms with Gasteiger partial charge in [-0.2, -0.15) is 0 Å². The molecule has 3 heterocycles. The second-order valence-electron chi connectivity index (χ2n) is 7.65. The fourth-order valence-electron chi connectivity index (χ4n) is 3.45. The van der Waals surface area contributed by atoms with Gasteiger partial charge in [-0.1, -0.05) is 19.1 Å². The Kier molecular flexibility index (Phi) is 5.13. The number of aryl methyl sites for hydroxylation is 1. The van der Waals surface area contributed by atoms with Crippen molar-refractivity contribution < 1.29 is 9.21 Å². The van der Waals surface area contributed by atoms with Crippen molar-refractivity contribution in [2.24, 2.45) is 5.84 Å². The van der Waals surface area contributed by atoms with Crippen molar-refractivity contribution in [1.29, 1.82) is 0 Å². The lowest BCUT2D eigenvalue weighted by atomic mass is 9.99. The predicted octanol–water partition coefficient (Wildman–Crippen LogP) is 2.74. The van der Waals surface area contributed by atoms with Crippen molar-refractivity contribution in [2.45, 2.75) is 32.7 Å². The Morgan fingerprint density at radius 1 is 1.23 bits per heavy atom. The Morgan fingerprint density at radius 3 is 2.87 bits per heavy atom. The molecule has 4 rings (SSSR count). The van der Waals surface area contributed by atoms with Crippen LogP contribution < -0.4 is 16.1 Å². The van der Waals surface area contributed by atoms with Crippen LogP contribution in [-0.2, 0) is 11.2 Å². The van der Waals surface area contributed by atoms with Crippen molar-refractivity contribution in [3.63, 3.8) is 0 Å². The summed E-state index contributed by atoms with van der Waals surface area (Å²) in [5, 5.41) is 4.47. The normalized spacial score (nSPS) is 16.1. The zero-order chi connectivity index (χ0) is 21.3. The number of hydrogen-bond donors (Lipinski definition) is 2. The van der Waals surface area contributed by atoms with Crippen LogP contribution in [0.25, 0.3) is 11.3 Å². The van der Waals surface area contributed by atoms with Gasteiger partial charge in [0, 0.05) is 29.7 Å². The summed E-state index contributed by atoms with van der Waals surface area (Å²) < 4.78 is 6.01. The van der Waals surface area contributed by atoms with Crippen molar-refractivity contribution in [2.75, 3.05) is 23.3 Å². The lowest BCUT2D eigenvalue weighted by Gasteiger charge is -2.43. The first-order valence-electron chi connectivity index (χ1n) is 9.88. The molecule has 1 saturated heterocycles. The monoisotopic (exact) mass is 407 g/mol. The molecule has 0 atom stereocenters. The molecule has 3 aromatic rings. The molecule has 0 aliphatic carbocycles. The fraction of sp³-hybridized carbons (Fsp3) is 0.333. The number of nitrogens with two attached hydrogens (primary N) is 1. The van der Waals surface area contributed by atoms with Crippen LogP contribution in [0, 0.1) is 0 Å². The highest BCUT2D eigenvalue weighted by molar-refractivity contribution is 5.89. The number of carbonyl (C=O) groups is 1. The number of nitrogens with one attached hydrogen (secondary N) is 1. The van der Waals surface area contributed by atoms with Crippen LogP contribution in [0.15, 0.2) is 47.1 Å². The molecule has 0 radical (unpaired) electrons. The quantitative estimate of drug-likeness (QED) is 0.490. The summed E-state index contributed by atoms with van der Waals surface area (Å²) >= 11 is 0. The van der Waals surface area contributed by atoms with E-state index in [2.05, 4.69) is 27.2 Å². The number of piperazine rings is 1. The molecule has 1 fully saturated rings. The molecule has 1 aromatic carbocycles. The fourth-order valence-corrected chi connectivity index (χ4v) is 3.45. The average Bonchev–Trinajstić information content (AvgIpc) is 3.22. The largest absolute Gasteiger partial charge is 0.423 e. The van der Waals surface area contributed by atoms with E-state index >= 15 is 0 Å². The number of carbonyl (C=O) groups excluding carboxylic acids is 1. The van der Waals surface area contributed by atoms with Gasteiger partial charge in [0.05, 0.1) is 12.7 Å². The molecule has 3 N–H and O–H groups in total. The van der Waals surface area contributed by atoms with Crippen molar-refractivity contribution in [1.82, 2.24) is 20.0 Å². The van der Waals surface area contributed by atoms with Gasteiger partial charge in [-0.3, -0.25) is 9.80 Å². The topological polar surface area (TPSA) is 113 Å². The summed E-state index contributed by atoms with van der Waals surface area (Å²) in [6.07, 6.45) is 4.25. The molecule has 9 heteroatoms. The van der Waals surface area contributed by atoms with E-state index in [1.165, 1.54) is 5.01 Å². The second kappa shape index (κ2) is 7.75.